The smallest absolute Gasteiger partial charge is 0.313 e. The van der Waals surface area contributed by atoms with E-state index in [1.165, 1.54) is 0 Å². The number of hydrogen-bond donors (Lipinski definition) is 0. The zero-order chi connectivity index (χ0) is 13.7. The van der Waals surface area contributed by atoms with Gasteiger partial charge in [-0.3, -0.25) is 9.59 Å². The van der Waals surface area contributed by atoms with Gasteiger partial charge in [0.05, 0.1) is 23.4 Å². The molecule has 0 radical (unpaired) electrons. The maximum atomic E-state index is 11.6. The van der Waals surface area contributed by atoms with E-state index in [0.717, 1.165) is 0 Å². The van der Waals surface area contributed by atoms with Gasteiger partial charge in [-0.25, -0.2) is 0 Å². The molecule has 1 fully saturated rings. The maximum absolute atomic E-state index is 11.6. The van der Waals surface area contributed by atoms with E-state index >= 15 is 0 Å². The molecule has 0 aromatic rings. The molecule has 0 aromatic heterocycles. The first-order chi connectivity index (χ1) is 8.40. The van der Waals surface area contributed by atoms with Gasteiger partial charge in [0.1, 0.15) is 0 Å². The molecule has 100 valence electrons. The van der Waals surface area contributed by atoms with E-state index < -0.39 is 0 Å². The third kappa shape index (κ3) is 4.35. The van der Waals surface area contributed by atoms with Crippen molar-refractivity contribution in [3.63, 3.8) is 0 Å². The standard InChI is InChI=1S/C14H20O4/c1-9(2)17-13(15)11-5-7-12(8-6-11)14(16)18-10(3)4/h11-12H,1,3,5-8H2,2,4H3. The molecule has 1 aliphatic rings. The summed E-state index contributed by atoms with van der Waals surface area (Å²) in [5, 5.41) is 0. The molecule has 18 heavy (non-hydrogen) atoms. The normalized spacial score (nSPS) is 23.0. The fourth-order valence-electron chi connectivity index (χ4n) is 2.07. The molecule has 0 heterocycles. The molecule has 0 saturated heterocycles. The van der Waals surface area contributed by atoms with Crippen LogP contribution >= 0.6 is 0 Å². The molecule has 0 amide bonds. The lowest BCUT2D eigenvalue weighted by atomic mass is 9.82. The van der Waals surface area contributed by atoms with Crippen LogP contribution in [0.4, 0.5) is 0 Å². The van der Waals surface area contributed by atoms with Gasteiger partial charge in [0.2, 0.25) is 0 Å². The molecule has 1 rings (SSSR count). The molecule has 0 atom stereocenters. The third-order valence-corrected chi connectivity index (χ3v) is 2.94. The molecule has 0 bridgehead atoms. The molecular weight excluding hydrogens is 232 g/mol. The number of rotatable bonds is 4. The maximum Gasteiger partial charge on any atom is 0.313 e. The average Bonchev–Trinajstić information content (AvgIpc) is 2.27. The second kappa shape index (κ2) is 6.38. The Morgan fingerprint density at radius 2 is 1.11 bits per heavy atom. The Kier molecular flexibility index (Phi) is 5.13. The van der Waals surface area contributed by atoms with E-state index in [9.17, 15) is 9.59 Å². The highest BCUT2D eigenvalue weighted by molar-refractivity contribution is 5.76. The Morgan fingerprint density at radius 3 is 1.33 bits per heavy atom. The lowest BCUT2D eigenvalue weighted by Crippen LogP contribution is -2.27. The van der Waals surface area contributed by atoms with Gasteiger partial charge >= 0.3 is 11.9 Å². The summed E-state index contributed by atoms with van der Waals surface area (Å²) in [7, 11) is 0. The number of ether oxygens (including phenoxy) is 2. The van der Waals surface area contributed by atoms with Crippen molar-refractivity contribution >= 4 is 11.9 Å². The third-order valence-electron chi connectivity index (χ3n) is 2.94. The summed E-state index contributed by atoms with van der Waals surface area (Å²) in [6.07, 6.45) is 2.62. The van der Waals surface area contributed by atoms with E-state index in [4.69, 9.17) is 9.47 Å². The van der Waals surface area contributed by atoms with Crippen LogP contribution in [0.25, 0.3) is 0 Å². The zero-order valence-corrected chi connectivity index (χ0v) is 11.0. The van der Waals surface area contributed by atoms with Gasteiger partial charge in [-0.15, -0.1) is 0 Å². The SMILES string of the molecule is C=C(C)OC(=O)C1CCC(C(=O)OC(=C)C)CC1. The highest BCUT2D eigenvalue weighted by Crippen LogP contribution is 2.31. The lowest BCUT2D eigenvalue weighted by molar-refractivity contribution is -0.150. The minimum Gasteiger partial charge on any atom is -0.432 e. The van der Waals surface area contributed by atoms with Crippen molar-refractivity contribution in [2.24, 2.45) is 11.8 Å². The van der Waals surface area contributed by atoms with Crippen LogP contribution in [0.3, 0.4) is 0 Å². The largest absolute Gasteiger partial charge is 0.432 e. The molecule has 4 nitrogen and oxygen atoms in total. The van der Waals surface area contributed by atoms with Gasteiger partial charge in [-0.05, 0) is 39.5 Å². The fraction of sp³-hybridized carbons (Fsp3) is 0.571. The van der Waals surface area contributed by atoms with Crippen LogP contribution < -0.4 is 0 Å². The van der Waals surface area contributed by atoms with Crippen LogP contribution in [0.2, 0.25) is 0 Å². The number of carbonyl (C=O) groups is 2. The summed E-state index contributed by atoms with van der Waals surface area (Å²) in [5.74, 6) is 0.0715. The Labute approximate surface area is 108 Å². The molecule has 1 aliphatic carbocycles. The van der Waals surface area contributed by atoms with Gasteiger partial charge in [0, 0.05) is 0 Å². The van der Waals surface area contributed by atoms with E-state index in [2.05, 4.69) is 13.2 Å². The van der Waals surface area contributed by atoms with Crippen molar-refractivity contribution in [1.29, 1.82) is 0 Å². The number of hydrogen-bond acceptors (Lipinski definition) is 4. The van der Waals surface area contributed by atoms with Crippen LogP contribution in [-0.4, -0.2) is 11.9 Å². The van der Waals surface area contributed by atoms with Crippen molar-refractivity contribution in [2.75, 3.05) is 0 Å². The van der Waals surface area contributed by atoms with E-state index in [0.29, 0.717) is 37.2 Å². The molecule has 0 aliphatic heterocycles. The Hall–Kier alpha value is -1.58. The molecule has 0 N–H and O–H groups in total. The highest BCUT2D eigenvalue weighted by Gasteiger charge is 2.31. The predicted molar refractivity (Wildman–Crippen MR) is 67.3 cm³/mol. The molecule has 0 unspecified atom stereocenters. The predicted octanol–water partition coefficient (Wildman–Crippen LogP) is 2.95. The summed E-state index contributed by atoms with van der Waals surface area (Å²) in [6, 6.07) is 0. The summed E-state index contributed by atoms with van der Waals surface area (Å²) in [4.78, 5) is 23.3. The number of allylic oxidation sites excluding steroid dienone is 2. The second-order valence-corrected chi connectivity index (χ2v) is 4.79. The Bertz CT molecular complexity index is 326. The molecular formula is C14H20O4. The first-order valence-corrected chi connectivity index (χ1v) is 6.14. The van der Waals surface area contributed by atoms with Crippen LogP contribution in [0.1, 0.15) is 39.5 Å². The van der Waals surface area contributed by atoms with Crippen molar-refractivity contribution in [2.45, 2.75) is 39.5 Å². The first-order valence-electron chi connectivity index (χ1n) is 6.14. The zero-order valence-electron chi connectivity index (χ0n) is 11.0. The first kappa shape index (κ1) is 14.5. The highest BCUT2D eigenvalue weighted by atomic mass is 16.5. The van der Waals surface area contributed by atoms with Gasteiger partial charge in [0.15, 0.2) is 0 Å². The summed E-state index contributed by atoms with van der Waals surface area (Å²) >= 11 is 0. The van der Waals surface area contributed by atoms with Crippen molar-refractivity contribution in [3.05, 3.63) is 24.7 Å². The lowest BCUT2D eigenvalue weighted by Gasteiger charge is -2.25. The van der Waals surface area contributed by atoms with Gasteiger partial charge in [-0.1, -0.05) is 13.2 Å². The minimum absolute atomic E-state index is 0.129. The average molecular weight is 252 g/mol. The Balaban J connectivity index is 2.41. The van der Waals surface area contributed by atoms with E-state index in [-0.39, 0.29) is 23.8 Å². The molecule has 4 heteroatoms. The van der Waals surface area contributed by atoms with E-state index in [1.54, 1.807) is 13.8 Å². The quantitative estimate of drug-likeness (QED) is 0.570. The minimum atomic E-state index is -0.241. The summed E-state index contributed by atoms with van der Waals surface area (Å²) in [6.45, 7) is 10.4. The summed E-state index contributed by atoms with van der Waals surface area (Å²) in [5.41, 5.74) is 0. The number of carbonyl (C=O) groups excluding carboxylic acids is 2. The topological polar surface area (TPSA) is 52.6 Å². The van der Waals surface area contributed by atoms with E-state index in [1.807, 2.05) is 0 Å². The van der Waals surface area contributed by atoms with Crippen molar-refractivity contribution in [1.82, 2.24) is 0 Å². The fourth-order valence-corrected chi connectivity index (χ4v) is 2.07. The second-order valence-electron chi connectivity index (χ2n) is 4.79. The van der Waals surface area contributed by atoms with Crippen LogP contribution in [0.15, 0.2) is 24.7 Å². The number of esters is 2. The monoisotopic (exact) mass is 252 g/mol. The molecule has 0 spiro atoms. The van der Waals surface area contributed by atoms with Gasteiger partial charge in [0.25, 0.3) is 0 Å². The van der Waals surface area contributed by atoms with Gasteiger partial charge < -0.3 is 9.47 Å². The van der Waals surface area contributed by atoms with Crippen LogP contribution in [0.5, 0.6) is 0 Å². The van der Waals surface area contributed by atoms with Crippen molar-refractivity contribution < 1.29 is 19.1 Å². The molecule has 0 aromatic carbocycles. The Morgan fingerprint density at radius 1 is 0.833 bits per heavy atom. The van der Waals surface area contributed by atoms with Crippen molar-refractivity contribution in [3.8, 4) is 0 Å². The van der Waals surface area contributed by atoms with Gasteiger partial charge in [-0.2, -0.15) is 0 Å². The van der Waals surface area contributed by atoms with Crippen LogP contribution in [0, 0.1) is 11.8 Å². The van der Waals surface area contributed by atoms with Crippen LogP contribution in [-0.2, 0) is 19.1 Å². The molecule has 1 saturated carbocycles. The summed E-state index contributed by atoms with van der Waals surface area (Å²) < 4.78 is 9.97.